The van der Waals surface area contributed by atoms with E-state index in [0.29, 0.717) is 40.2 Å². The monoisotopic (exact) mass is 687 g/mol. The van der Waals surface area contributed by atoms with Gasteiger partial charge in [0.1, 0.15) is 0 Å². The fraction of sp³-hybridized carbons (Fsp3) is 0.366. The van der Waals surface area contributed by atoms with E-state index in [1.807, 2.05) is 30.3 Å². The van der Waals surface area contributed by atoms with E-state index in [-0.39, 0.29) is 23.8 Å². The lowest BCUT2D eigenvalue weighted by atomic mass is 9.87. The molecular weight excluding hydrogens is 638 g/mol. The number of likely N-dealkylation sites (N-methyl/N-ethyl adjacent to an activating group) is 1. The number of nitrogens with zero attached hydrogens (tertiary/aromatic N) is 4. The third-order valence-corrected chi connectivity index (χ3v) is 10.0. The van der Waals surface area contributed by atoms with Crippen LogP contribution in [-0.4, -0.2) is 91.9 Å². The van der Waals surface area contributed by atoms with Crippen LogP contribution in [0, 0.1) is 0 Å². The van der Waals surface area contributed by atoms with E-state index in [2.05, 4.69) is 56.7 Å². The van der Waals surface area contributed by atoms with Crippen LogP contribution in [0.25, 0.3) is 11.3 Å². The van der Waals surface area contributed by atoms with Gasteiger partial charge in [-0.3, -0.25) is 24.3 Å². The summed E-state index contributed by atoms with van der Waals surface area (Å²) in [4.78, 5) is 51.7. The molecule has 1 fully saturated rings. The van der Waals surface area contributed by atoms with Crippen LogP contribution in [-0.2, 0) is 6.42 Å². The Bertz CT molecular complexity index is 1850. The predicted octanol–water partition coefficient (Wildman–Crippen LogP) is 5.63. The number of fused-ring (bicyclic) bond motifs is 1. The topological polar surface area (TPSA) is 110 Å². The number of hydrogen-bond acceptors (Lipinski definition) is 7. The Morgan fingerprint density at radius 3 is 2.45 bits per heavy atom. The van der Waals surface area contributed by atoms with E-state index >= 15 is 0 Å². The molecule has 1 saturated heterocycles. The van der Waals surface area contributed by atoms with Gasteiger partial charge in [-0.05, 0) is 92.8 Å². The number of piperazine rings is 1. The molecule has 0 spiro atoms. The van der Waals surface area contributed by atoms with Crippen molar-refractivity contribution in [1.29, 1.82) is 0 Å². The molecule has 10 heteroatoms. The quantitative estimate of drug-likeness (QED) is 0.177. The lowest BCUT2D eigenvalue weighted by molar-refractivity contribution is 0.0774. The van der Waals surface area contributed by atoms with Gasteiger partial charge >= 0.3 is 0 Å². The van der Waals surface area contributed by atoms with Crippen molar-refractivity contribution in [2.24, 2.45) is 0 Å². The molecule has 1 aliphatic carbocycles. The second kappa shape index (κ2) is 16.8. The van der Waals surface area contributed by atoms with Crippen molar-refractivity contribution in [3.05, 3.63) is 113 Å². The van der Waals surface area contributed by atoms with Crippen molar-refractivity contribution in [3.63, 3.8) is 0 Å². The van der Waals surface area contributed by atoms with Gasteiger partial charge in [0.2, 0.25) is 0 Å². The number of nitrogens with one attached hydrogen (secondary N) is 3. The van der Waals surface area contributed by atoms with Gasteiger partial charge in [-0.2, -0.15) is 0 Å². The van der Waals surface area contributed by atoms with Gasteiger partial charge in [-0.1, -0.05) is 30.3 Å². The molecule has 1 aromatic heterocycles. The minimum Gasteiger partial charge on any atom is -0.372 e. The lowest BCUT2D eigenvalue weighted by Gasteiger charge is -2.29. The van der Waals surface area contributed by atoms with Crippen LogP contribution < -0.4 is 20.9 Å². The molecule has 3 N–H and O–H groups in total. The Balaban J connectivity index is 1.22. The third kappa shape index (κ3) is 8.64. The van der Waals surface area contributed by atoms with Gasteiger partial charge in [0.05, 0.1) is 17.4 Å². The van der Waals surface area contributed by atoms with Gasteiger partial charge < -0.3 is 25.8 Å². The highest BCUT2D eigenvalue weighted by Crippen LogP contribution is 2.33. The molecule has 266 valence electrons. The van der Waals surface area contributed by atoms with Crippen molar-refractivity contribution in [2.45, 2.75) is 39.2 Å². The molecule has 0 radical (unpaired) electrons. The number of carbonyl (C=O) groups is 3. The van der Waals surface area contributed by atoms with Crippen LogP contribution in [0.15, 0.2) is 85.1 Å². The molecule has 6 rings (SSSR count). The average molecular weight is 688 g/mol. The maximum absolute atomic E-state index is 13.8. The van der Waals surface area contributed by atoms with Crippen molar-refractivity contribution in [3.8, 4) is 11.3 Å². The first-order chi connectivity index (χ1) is 24.8. The lowest BCUT2D eigenvalue weighted by Crippen LogP contribution is -2.46. The van der Waals surface area contributed by atoms with Crippen LogP contribution in [0.3, 0.4) is 0 Å². The number of benzene rings is 3. The van der Waals surface area contributed by atoms with E-state index in [4.69, 9.17) is 0 Å². The summed E-state index contributed by atoms with van der Waals surface area (Å²) >= 11 is 0. The van der Waals surface area contributed by atoms with E-state index in [9.17, 15) is 14.4 Å². The Morgan fingerprint density at radius 1 is 0.882 bits per heavy atom. The van der Waals surface area contributed by atoms with Crippen molar-refractivity contribution < 1.29 is 14.4 Å². The molecule has 3 amide bonds. The summed E-state index contributed by atoms with van der Waals surface area (Å²) in [5.41, 5.74) is 6.62. The third-order valence-electron chi connectivity index (χ3n) is 10.0. The summed E-state index contributed by atoms with van der Waals surface area (Å²) in [7, 11) is 1.80. The summed E-state index contributed by atoms with van der Waals surface area (Å²) < 4.78 is 0. The van der Waals surface area contributed by atoms with Crippen LogP contribution in [0.2, 0.25) is 0 Å². The highest BCUT2D eigenvalue weighted by atomic mass is 16.2. The fourth-order valence-electron chi connectivity index (χ4n) is 7.04. The van der Waals surface area contributed by atoms with Gasteiger partial charge in [0.15, 0.2) is 0 Å². The number of pyridine rings is 1. The Labute approximate surface area is 301 Å². The molecule has 4 aromatic rings. The van der Waals surface area contributed by atoms with Crippen molar-refractivity contribution in [2.75, 3.05) is 69.6 Å². The van der Waals surface area contributed by atoms with Crippen LogP contribution >= 0.6 is 0 Å². The zero-order valence-corrected chi connectivity index (χ0v) is 30.0. The smallest absolute Gasteiger partial charge is 0.255 e. The summed E-state index contributed by atoms with van der Waals surface area (Å²) in [5.74, 6) is -0.625. The van der Waals surface area contributed by atoms with Crippen molar-refractivity contribution >= 4 is 29.1 Å². The summed E-state index contributed by atoms with van der Waals surface area (Å²) in [6.07, 6.45) is 4.58. The van der Waals surface area contributed by atoms with Crippen LogP contribution in [0.4, 0.5) is 11.4 Å². The summed E-state index contributed by atoms with van der Waals surface area (Å²) in [5, 5.41) is 9.69. The van der Waals surface area contributed by atoms with E-state index in [1.54, 1.807) is 54.5 Å². The largest absolute Gasteiger partial charge is 0.372 e. The summed E-state index contributed by atoms with van der Waals surface area (Å²) in [6, 6.07) is 24.5. The van der Waals surface area contributed by atoms with E-state index in [1.165, 1.54) is 11.1 Å². The Kier molecular flexibility index (Phi) is 11.8. The molecule has 0 saturated carbocycles. The first-order valence-corrected chi connectivity index (χ1v) is 18.2. The molecular formula is C41H49N7O3. The summed E-state index contributed by atoms with van der Waals surface area (Å²) in [6.45, 7) is 11.1. The number of rotatable bonds is 12. The number of hydrogen-bond donors (Lipinski definition) is 3. The molecule has 2 heterocycles. The van der Waals surface area contributed by atoms with Gasteiger partial charge in [0, 0.05) is 93.5 Å². The van der Waals surface area contributed by atoms with Crippen molar-refractivity contribution in [1.82, 2.24) is 25.4 Å². The number of aryl methyl sites for hydroxylation is 1. The fourth-order valence-corrected chi connectivity index (χ4v) is 7.04. The Hall–Kier alpha value is -5.06. The second-order valence-electron chi connectivity index (χ2n) is 13.3. The van der Waals surface area contributed by atoms with Gasteiger partial charge in [0.25, 0.3) is 17.7 Å². The number of amides is 3. The number of anilines is 2. The zero-order chi connectivity index (χ0) is 35.7. The van der Waals surface area contributed by atoms with E-state index < -0.39 is 0 Å². The molecule has 3 aromatic carbocycles. The molecule has 10 nitrogen and oxygen atoms in total. The standard InChI is InChI=1S/C41H49N7O3/c1-4-48(5-2)33-16-17-37(45-39(49)30-12-8-13-32(26-30)41(51)46(3)24-25-47-22-20-42-21-23-47)35(28-33)38-27-31(18-19-43-38)40(50)44-36-15-9-11-29-10-6-7-14-34(29)36/h6-8,10,12-14,16-19,26-28,36,42H,4-5,9,11,15,20-25H2,1-3H3,(H,44,50)(H,45,49)/t36-/m0/s1. The first-order valence-electron chi connectivity index (χ1n) is 18.2. The average Bonchev–Trinajstić information content (AvgIpc) is 3.18. The molecule has 1 atom stereocenters. The Morgan fingerprint density at radius 2 is 1.65 bits per heavy atom. The maximum atomic E-state index is 13.8. The zero-order valence-electron chi connectivity index (χ0n) is 30.0. The van der Waals surface area contributed by atoms with Crippen LogP contribution in [0.5, 0.6) is 0 Å². The minimum atomic E-state index is -0.338. The molecule has 0 unspecified atom stereocenters. The number of carbonyl (C=O) groups excluding carboxylic acids is 3. The van der Waals surface area contributed by atoms with Gasteiger partial charge in [-0.15, -0.1) is 0 Å². The highest BCUT2D eigenvalue weighted by Gasteiger charge is 2.23. The SMILES string of the molecule is CCN(CC)c1ccc(NC(=O)c2cccc(C(=O)N(C)CCN3CCNCC3)c2)c(-c2cc(C(=O)N[C@H]3CCCc4ccccc43)ccn2)c1. The molecule has 51 heavy (non-hydrogen) atoms. The van der Waals surface area contributed by atoms with Crippen LogP contribution in [0.1, 0.15) is 74.9 Å². The predicted molar refractivity (Wildman–Crippen MR) is 203 cm³/mol. The maximum Gasteiger partial charge on any atom is 0.255 e. The minimum absolute atomic E-state index is 0.0467. The molecule has 2 aliphatic rings. The number of aromatic nitrogens is 1. The van der Waals surface area contributed by atoms with E-state index in [0.717, 1.165) is 70.8 Å². The van der Waals surface area contributed by atoms with Gasteiger partial charge in [-0.25, -0.2) is 0 Å². The highest BCUT2D eigenvalue weighted by molar-refractivity contribution is 6.08. The molecule has 1 aliphatic heterocycles. The molecule has 0 bridgehead atoms. The second-order valence-corrected chi connectivity index (χ2v) is 13.3. The first kappa shape index (κ1) is 35.8. The normalized spacial score (nSPS) is 15.8.